The van der Waals surface area contributed by atoms with Crippen LogP contribution in [0.5, 0.6) is 23.0 Å². The van der Waals surface area contributed by atoms with Crippen molar-refractivity contribution in [2.45, 2.75) is 57.5 Å². The Balaban J connectivity index is 0.00000588. The smallest absolute Gasteiger partial charge is 0.332 e. The van der Waals surface area contributed by atoms with Gasteiger partial charge in [-0.1, -0.05) is 19.9 Å². The maximum Gasteiger partial charge on any atom is 0.332 e. The first-order chi connectivity index (χ1) is 19.2. The molecule has 2 atom stereocenters. The van der Waals surface area contributed by atoms with E-state index < -0.39 is 5.60 Å². The minimum atomic E-state index is -0.645. The van der Waals surface area contributed by atoms with Gasteiger partial charge in [0.1, 0.15) is 12.2 Å². The van der Waals surface area contributed by atoms with Crippen molar-refractivity contribution in [1.82, 2.24) is 4.90 Å². The fourth-order valence-corrected chi connectivity index (χ4v) is 6.10. The van der Waals surface area contributed by atoms with Gasteiger partial charge in [-0.2, -0.15) is 0 Å². The summed E-state index contributed by atoms with van der Waals surface area (Å²) in [6.45, 7) is 6.05. The van der Waals surface area contributed by atoms with Crippen LogP contribution in [0.25, 0.3) is 0 Å². The molecule has 0 radical (unpaired) electrons. The molecule has 230 valence electrons. The molecule has 0 amide bonds. The molecule has 9 heteroatoms. The van der Waals surface area contributed by atoms with Crippen LogP contribution in [-0.4, -0.2) is 78.8 Å². The molecule has 3 rings (SSSR count). The number of carbonyl (C=O) groups is 1. The Labute approximate surface area is 252 Å². The molecule has 0 saturated carbocycles. The number of benzene rings is 2. The van der Waals surface area contributed by atoms with Crippen LogP contribution < -0.4 is 18.9 Å². The number of aryl methyl sites for hydroxylation is 2. The second kappa shape index (κ2) is 16.1. The Bertz CT molecular complexity index is 1130. The van der Waals surface area contributed by atoms with Crippen LogP contribution >= 0.6 is 12.4 Å². The number of hydrogen-bond acceptors (Lipinski definition) is 8. The van der Waals surface area contributed by atoms with Crippen LogP contribution in [0.2, 0.25) is 0 Å². The molecule has 0 spiro atoms. The van der Waals surface area contributed by atoms with E-state index >= 15 is 0 Å². The second-order valence-electron chi connectivity index (χ2n) is 10.9. The topological polar surface area (TPSA) is 75.7 Å². The number of methoxy groups -OCH3 is 5. The van der Waals surface area contributed by atoms with Crippen LogP contribution in [0, 0.1) is 5.92 Å². The third-order valence-corrected chi connectivity index (χ3v) is 7.98. The van der Waals surface area contributed by atoms with Crippen molar-refractivity contribution in [2.75, 3.05) is 62.3 Å². The first kappa shape index (κ1) is 34.5. The van der Waals surface area contributed by atoms with Crippen molar-refractivity contribution >= 4 is 18.4 Å². The molecule has 0 fully saturated rings. The predicted octanol–water partition coefficient (Wildman–Crippen LogP) is 5.71. The Hall–Kier alpha value is -2.68. The Morgan fingerprint density at radius 3 is 2.17 bits per heavy atom. The molecule has 2 aromatic carbocycles. The second-order valence-corrected chi connectivity index (χ2v) is 10.9. The summed E-state index contributed by atoms with van der Waals surface area (Å²) in [5.74, 6) is 2.83. The van der Waals surface area contributed by atoms with E-state index in [9.17, 15) is 4.79 Å². The largest absolute Gasteiger partial charge is 0.493 e. The molecule has 1 aliphatic rings. The fourth-order valence-electron chi connectivity index (χ4n) is 6.10. The lowest BCUT2D eigenvalue weighted by Gasteiger charge is -2.47. The van der Waals surface area contributed by atoms with Crippen molar-refractivity contribution in [3.63, 3.8) is 0 Å². The minimum absolute atomic E-state index is 0. The number of halogens is 1. The lowest BCUT2D eigenvalue weighted by atomic mass is 9.65. The first-order valence-corrected chi connectivity index (χ1v) is 14.1. The maximum absolute atomic E-state index is 12.9. The van der Waals surface area contributed by atoms with E-state index in [1.807, 2.05) is 12.1 Å². The van der Waals surface area contributed by atoms with E-state index in [1.54, 1.807) is 28.4 Å². The summed E-state index contributed by atoms with van der Waals surface area (Å²) in [4.78, 5) is 15.2. The van der Waals surface area contributed by atoms with Gasteiger partial charge in [0, 0.05) is 26.0 Å². The molecular weight excluding hydrogens is 546 g/mol. The summed E-state index contributed by atoms with van der Waals surface area (Å²) in [6.07, 6.45) is 4.19. The lowest BCUT2D eigenvalue weighted by molar-refractivity contribution is -0.172. The molecule has 8 nitrogen and oxygen atoms in total. The van der Waals surface area contributed by atoms with Crippen LogP contribution in [0.15, 0.2) is 30.3 Å². The molecule has 2 aromatic rings. The Morgan fingerprint density at radius 1 is 0.927 bits per heavy atom. The molecule has 0 bridgehead atoms. The Morgan fingerprint density at radius 2 is 1.56 bits per heavy atom. The summed E-state index contributed by atoms with van der Waals surface area (Å²) >= 11 is 0. The third-order valence-electron chi connectivity index (χ3n) is 7.98. The monoisotopic (exact) mass is 593 g/mol. The van der Waals surface area contributed by atoms with Gasteiger partial charge in [0.2, 0.25) is 0 Å². The van der Waals surface area contributed by atoms with Crippen LogP contribution in [-0.2, 0) is 27.1 Å². The molecule has 0 heterocycles. The normalized spacial score (nSPS) is 18.0. The van der Waals surface area contributed by atoms with E-state index in [0.717, 1.165) is 62.4 Å². The number of hydrogen-bond donors (Lipinski definition) is 0. The highest BCUT2D eigenvalue weighted by Crippen LogP contribution is 2.50. The molecule has 0 aliphatic heterocycles. The third kappa shape index (κ3) is 8.43. The lowest BCUT2D eigenvalue weighted by Crippen LogP contribution is -2.49. The summed E-state index contributed by atoms with van der Waals surface area (Å²) in [5, 5.41) is 0. The van der Waals surface area contributed by atoms with Crippen molar-refractivity contribution < 1.29 is 33.2 Å². The standard InChI is InChI=1S/C32H47NO7.ClH/c1-22(2)31-25-20-29(39-8)28(38-7)19-24(25)13-14-32(31,40-30(34)21-35-4)15-17-33(3)16-9-10-23-11-12-26(36-5)27(18-23)37-6;/h11-12,18-20,22,31H,9-10,13-17,21H2,1-8H3;1H/t31-,32-;/m1./s1. The highest BCUT2D eigenvalue weighted by atomic mass is 35.5. The van der Waals surface area contributed by atoms with E-state index in [4.69, 9.17) is 28.4 Å². The van der Waals surface area contributed by atoms with Gasteiger partial charge in [-0.15, -0.1) is 12.4 Å². The molecule has 1 aliphatic carbocycles. The minimum Gasteiger partial charge on any atom is -0.493 e. The number of carbonyl (C=O) groups excluding carboxylic acids is 1. The molecule has 0 saturated heterocycles. The number of nitrogens with zero attached hydrogens (tertiary/aromatic N) is 1. The SMILES string of the molecule is COCC(=O)O[C@@]1(CCN(C)CCCc2ccc(OC)c(OC)c2)CCc2cc(OC)c(OC)cc2[C@H]1C(C)C.Cl. The van der Waals surface area contributed by atoms with E-state index in [-0.39, 0.29) is 36.8 Å². The first-order valence-electron chi connectivity index (χ1n) is 14.1. The van der Waals surface area contributed by atoms with Crippen LogP contribution in [0.1, 0.15) is 55.7 Å². The summed E-state index contributed by atoms with van der Waals surface area (Å²) < 4.78 is 33.5. The summed E-state index contributed by atoms with van der Waals surface area (Å²) in [5.41, 5.74) is 2.95. The zero-order valence-electron chi connectivity index (χ0n) is 25.9. The van der Waals surface area contributed by atoms with Gasteiger partial charge in [0.15, 0.2) is 23.0 Å². The number of ether oxygens (including phenoxy) is 6. The molecule has 0 unspecified atom stereocenters. The Kier molecular flexibility index (Phi) is 13.5. The van der Waals surface area contributed by atoms with E-state index in [0.29, 0.717) is 5.75 Å². The maximum atomic E-state index is 12.9. The molecule has 0 aromatic heterocycles. The van der Waals surface area contributed by atoms with Crippen molar-refractivity contribution in [3.8, 4) is 23.0 Å². The van der Waals surface area contributed by atoms with E-state index in [1.165, 1.54) is 23.8 Å². The zero-order valence-corrected chi connectivity index (χ0v) is 26.7. The van der Waals surface area contributed by atoms with Crippen LogP contribution in [0.3, 0.4) is 0 Å². The van der Waals surface area contributed by atoms with E-state index in [2.05, 4.69) is 44.0 Å². The molecule has 0 N–H and O–H groups in total. The quantitative estimate of drug-likeness (QED) is 0.243. The summed E-state index contributed by atoms with van der Waals surface area (Å²) in [7, 11) is 10.3. The predicted molar refractivity (Wildman–Crippen MR) is 163 cm³/mol. The average Bonchev–Trinajstić information content (AvgIpc) is 2.95. The number of rotatable bonds is 15. The van der Waals surface area contributed by atoms with Gasteiger partial charge in [0.05, 0.1) is 28.4 Å². The van der Waals surface area contributed by atoms with Gasteiger partial charge in [-0.05, 0) is 86.1 Å². The molecule has 41 heavy (non-hydrogen) atoms. The fraction of sp³-hybridized carbons (Fsp3) is 0.594. The number of esters is 1. The number of fused-ring (bicyclic) bond motifs is 1. The molecular formula is C32H48ClNO7. The van der Waals surface area contributed by atoms with Gasteiger partial charge in [-0.25, -0.2) is 4.79 Å². The van der Waals surface area contributed by atoms with Gasteiger partial charge >= 0.3 is 5.97 Å². The highest BCUT2D eigenvalue weighted by molar-refractivity contribution is 5.85. The van der Waals surface area contributed by atoms with Gasteiger partial charge in [0.25, 0.3) is 0 Å². The van der Waals surface area contributed by atoms with Crippen molar-refractivity contribution in [1.29, 1.82) is 0 Å². The van der Waals surface area contributed by atoms with Gasteiger partial charge < -0.3 is 33.3 Å². The average molecular weight is 594 g/mol. The van der Waals surface area contributed by atoms with Crippen molar-refractivity contribution in [3.05, 3.63) is 47.0 Å². The van der Waals surface area contributed by atoms with Crippen LogP contribution in [0.4, 0.5) is 0 Å². The highest BCUT2D eigenvalue weighted by Gasteiger charge is 2.48. The zero-order chi connectivity index (χ0) is 29.3. The van der Waals surface area contributed by atoms with Gasteiger partial charge in [-0.3, -0.25) is 0 Å². The summed E-state index contributed by atoms with van der Waals surface area (Å²) in [6, 6.07) is 10.2. The van der Waals surface area contributed by atoms with Crippen molar-refractivity contribution in [2.24, 2.45) is 5.92 Å².